The van der Waals surface area contributed by atoms with Crippen LogP contribution in [0.5, 0.6) is 0 Å². The predicted molar refractivity (Wildman–Crippen MR) is 166 cm³/mol. The number of nitrogens with one attached hydrogen (secondary N) is 1. The second-order valence-corrected chi connectivity index (χ2v) is 16.8. The molecule has 4 aromatic heterocycles. The average molecular weight is 726 g/mol. The Bertz CT molecular complexity index is 1710. The van der Waals surface area contributed by atoms with Gasteiger partial charge in [-0.3, -0.25) is 14.2 Å². The van der Waals surface area contributed by atoms with Gasteiger partial charge in [0.2, 0.25) is 0 Å². The lowest BCUT2D eigenvalue weighted by Gasteiger charge is -2.37. The molecule has 0 spiro atoms. The largest absolute Gasteiger partial charge is 0.789 e. The molecule has 0 bridgehead atoms. The lowest BCUT2D eigenvalue weighted by Crippen LogP contribution is -2.41. The quantitative estimate of drug-likeness (QED) is 0.143. The normalized spacial score (nSPS) is 36.6. The molecule has 7 heterocycles. The maximum atomic E-state index is 16.0. The molecule has 0 radical (unpaired) electrons. The first-order valence-corrected chi connectivity index (χ1v) is 18.6. The Hall–Kier alpha value is -2.53. The Balaban J connectivity index is 0.00000208. The van der Waals surface area contributed by atoms with Gasteiger partial charge in [0.1, 0.15) is 42.0 Å². The van der Waals surface area contributed by atoms with Crippen LogP contribution in [-0.4, -0.2) is 88.5 Å². The lowest BCUT2D eigenvalue weighted by molar-refractivity contribution is -0.193. The van der Waals surface area contributed by atoms with E-state index >= 15 is 8.78 Å². The molecule has 7 rings (SSSR count). The first-order chi connectivity index (χ1) is 20.9. The standard InChI is InChI=1S/C21H25F2N11O6P2S2.2H3N/c22-10-14-8(37-20(10)33-6-30-12-16(24)26-4-28-18(12)33)1-2-41(35,43)39-15-9(3-32-42(36,44)40-14)38-21(11(15)23)34-7-31-13-17(25)27-5-29-19(13)34;;/h4-11,14-15,20-21H,1-3H2,(H,35,43)(H2,24,26,28)(H2,25,27,29)(H2,32,36,44);2*1H3/t8-,9-,10-,11-,14-,15-,20-,21-,41?,42?;;/m1../s1. The van der Waals surface area contributed by atoms with Crippen LogP contribution in [-0.2, 0) is 47.1 Å². The maximum Gasteiger partial charge on any atom is 0.174 e. The summed E-state index contributed by atoms with van der Waals surface area (Å²) in [4.78, 5) is 37.6. The zero-order valence-corrected chi connectivity index (χ0v) is 27.6. The molecule has 3 fully saturated rings. The zero-order chi connectivity index (χ0) is 31.0. The number of hydrogen-bond acceptors (Lipinski definition) is 16. The van der Waals surface area contributed by atoms with Gasteiger partial charge in [0.15, 0.2) is 47.7 Å². The second kappa shape index (κ2) is 12.8. The molecule has 252 valence electrons. The highest BCUT2D eigenvalue weighted by Gasteiger charge is 2.51. The van der Waals surface area contributed by atoms with E-state index in [0.29, 0.717) is 0 Å². The summed E-state index contributed by atoms with van der Waals surface area (Å²) in [5.74, 6) is 0.152. The summed E-state index contributed by atoms with van der Waals surface area (Å²) < 4.78 is 71.3. The minimum Gasteiger partial charge on any atom is -0.789 e. The van der Waals surface area contributed by atoms with Crippen molar-refractivity contribution < 1.29 is 36.8 Å². The Morgan fingerprint density at radius 3 is 1.93 bits per heavy atom. The van der Waals surface area contributed by atoms with Gasteiger partial charge in [-0.1, -0.05) is 11.8 Å². The summed E-state index contributed by atoms with van der Waals surface area (Å²) in [7, 11) is 0. The first-order valence-electron chi connectivity index (χ1n) is 13.1. The summed E-state index contributed by atoms with van der Waals surface area (Å²) in [6.45, 7) is -8.56. The zero-order valence-electron chi connectivity index (χ0n) is 24.2. The molecule has 10 atom stereocenters. The molecule has 46 heavy (non-hydrogen) atoms. The number of rotatable bonds is 2. The molecule has 2 unspecified atom stereocenters. The number of ether oxygens (including phenoxy) is 2. The molecule has 0 amide bonds. The van der Waals surface area contributed by atoms with Gasteiger partial charge in [0.05, 0.1) is 32.0 Å². The number of hydrogen-bond donors (Lipinski definition) is 5. The van der Waals surface area contributed by atoms with Crippen LogP contribution in [0.3, 0.4) is 0 Å². The molecular formula is C21H31F2N13O6P2S2. The monoisotopic (exact) mass is 725 g/mol. The van der Waals surface area contributed by atoms with Gasteiger partial charge in [-0.05, 0) is 6.42 Å². The number of halogens is 2. The molecule has 25 heteroatoms. The SMILES string of the molecule is Nc1ncnc2c1ncn2[C@@H]1O[C@@H]2CNP([O-])(=S)O[C@H]3[C@@H](F)[C@H](n4cnc5c(N)ncnc54)O[C@@H]3CCP(=O)([S-])O[C@H]2[C@H]1F.[NH4+].[NH4+]. The fourth-order valence-corrected chi connectivity index (χ4v) is 9.01. The predicted octanol–water partition coefficient (Wildman–Crippen LogP) is 1.14. The smallest absolute Gasteiger partial charge is 0.174 e. The van der Waals surface area contributed by atoms with Crippen molar-refractivity contribution in [2.75, 3.05) is 24.2 Å². The summed E-state index contributed by atoms with van der Waals surface area (Å²) in [5.41, 5.74) is 12.5. The second-order valence-electron chi connectivity index (χ2n) is 10.3. The number of imidazole rings is 2. The van der Waals surface area contributed by atoms with E-state index in [2.05, 4.69) is 35.0 Å². The maximum absolute atomic E-state index is 16.0. The third-order valence-corrected chi connectivity index (χ3v) is 11.5. The van der Waals surface area contributed by atoms with Gasteiger partial charge in [0, 0.05) is 12.7 Å². The van der Waals surface area contributed by atoms with Crippen LogP contribution >= 0.6 is 13.2 Å². The van der Waals surface area contributed by atoms with Crippen molar-refractivity contribution in [3.63, 3.8) is 0 Å². The van der Waals surface area contributed by atoms with E-state index in [4.69, 9.17) is 54.0 Å². The van der Waals surface area contributed by atoms with E-state index in [1.165, 1.54) is 34.4 Å². The van der Waals surface area contributed by atoms with Gasteiger partial charge < -0.3 is 64.0 Å². The Morgan fingerprint density at radius 2 is 1.39 bits per heavy atom. The van der Waals surface area contributed by atoms with Crippen molar-refractivity contribution in [2.24, 2.45) is 0 Å². The molecule has 4 aromatic rings. The Kier molecular flexibility index (Phi) is 9.70. The van der Waals surface area contributed by atoms with Crippen LogP contribution in [0.1, 0.15) is 18.9 Å². The van der Waals surface area contributed by atoms with Crippen molar-refractivity contribution in [1.29, 1.82) is 0 Å². The van der Waals surface area contributed by atoms with Gasteiger partial charge in [-0.25, -0.2) is 38.7 Å². The fraction of sp³-hybridized carbons (Fsp3) is 0.524. The summed E-state index contributed by atoms with van der Waals surface area (Å²) in [6, 6.07) is 0. The topological polar surface area (TPSA) is 301 Å². The third-order valence-electron chi connectivity index (χ3n) is 7.57. The highest BCUT2D eigenvalue weighted by Crippen LogP contribution is 2.53. The summed E-state index contributed by atoms with van der Waals surface area (Å²) in [5, 5.41) is 2.53. The Morgan fingerprint density at radius 1 is 0.891 bits per heavy atom. The van der Waals surface area contributed by atoms with Gasteiger partial charge in [-0.2, -0.15) is 0 Å². The lowest BCUT2D eigenvalue weighted by atomic mass is 10.1. The molecular weight excluding hydrogens is 694 g/mol. The number of anilines is 2. The highest BCUT2D eigenvalue weighted by atomic mass is 32.7. The number of quaternary nitrogens is 2. The van der Waals surface area contributed by atoms with Crippen LogP contribution in [0.25, 0.3) is 22.3 Å². The van der Waals surface area contributed by atoms with Crippen LogP contribution in [0, 0.1) is 0 Å². The molecule has 3 saturated heterocycles. The molecule has 19 nitrogen and oxygen atoms in total. The van der Waals surface area contributed by atoms with Crippen LogP contribution < -0.4 is 33.7 Å². The average Bonchev–Trinajstić information content (AvgIpc) is 3.73. The van der Waals surface area contributed by atoms with Crippen molar-refractivity contribution >= 4 is 71.2 Å². The minimum atomic E-state index is -4.20. The molecule has 0 saturated carbocycles. The Labute approximate surface area is 269 Å². The van der Waals surface area contributed by atoms with E-state index in [-0.39, 0.29) is 65.4 Å². The number of nitrogens with zero attached hydrogens (tertiary/aromatic N) is 8. The molecule has 0 aliphatic carbocycles. The van der Waals surface area contributed by atoms with E-state index in [1.54, 1.807) is 0 Å². The molecule has 3 aliphatic rings. The van der Waals surface area contributed by atoms with Crippen LogP contribution in [0.15, 0.2) is 25.3 Å². The number of aromatic nitrogens is 8. The van der Waals surface area contributed by atoms with E-state index in [0.717, 1.165) is 0 Å². The first kappa shape index (κ1) is 34.8. The number of fused-ring (bicyclic) bond motifs is 4. The van der Waals surface area contributed by atoms with Crippen molar-refractivity contribution in [2.45, 2.75) is 55.6 Å². The minimum absolute atomic E-state index is 0. The third kappa shape index (κ3) is 6.11. The number of alkyl halides is 2. The van der Waals surface area contributed by atoms with Crippen LogP contribution in [0.2, 0.25) is 0 Å². The van der Waals surface area contributed by atoms with E-state index in [9.17, 15) is 9.46 Å². The summed E-state index contributed by atoms with van der Waals surface area (Å²) in [6.07, 6.45) is -7.46. The van der Waals surface area contributed by atoms with E-state index < -0.39 is 62.4 Å². The molecule has 13 N–H and O–H groups in total. The van der Waals surface area contributed by atoms with Gasteiger partial charge >= 0.3 is 0 Å². The van der Waals surface area contributed by atoms with Crippen molar-refractivity contribution in [3.05, 3.63) is 25.3 Å². The van der Waals surface area contributed by atoms with Gasteiger partial charge in [-0.15, -0.1) is 0 Å². The molecule has 3 aliphatic heterocycles. The summed E-state index contributed by atoms with van der Waals surface area (Å²) >= 11 is 10.5. The van der Waals surface area contributed by atoms with Crippen molar-refractivity contribution in [1.82, 2.24) is 56.4 Å². The fourth-order valence-electron chi connectivity index (χ4n) is 5.52. The van der Waals surface area contributed by atoms with Crippen molar-refractivity contribution in [3.8, 4) is 0 Å². The number of nitrogens with two attached hydrogens (primary N) is 2. The van der Waals surface area contributed by atoms with Gasteiger partial charge in [0.25, 0.3) is 0 Å². The number of nitrogen functional groups attached to an aromatic ring is 2. The van der Waals surface area contributed by atoms with E-state index in [1.807, 2.05) is 0 Å². The molecule has 0 aromatic carbocycles. The highest BCUT2D eigenvalue weighted by molar-refractivity contribution is 8.34. The van der Waals surface area contributed by atoms with Crippen LogP contribution in [0.4, 0.5) is 20.4 Å².